The van der Waals surface area contributed by atoms with Gasteiger partial charge in [0.2, 0.25) is 0 Å². The summed E-state index contributed by atoms with van der Waals surface area (Å²) in [6.07, 6.45) is 5.41. The fourth-order valence-corrected chi connectivity index (χ4v) is 1.81. The lowest BCUT2D eigenvalue weighted by Gasteiger charge is -2.44. The second kappa shape index (κ2) is 3.47. The number of piperazine rings is 1. The van der Waals surface area contributed by atoms with Gasteiger partial charge in [-0.2, -0.15) is 0 Å². The highest BCUT2D eigenvalue weighted by atomic mass is 15.3. The smallest absolute Gasteiger partial charge is 0.0688 e. The van der Waals surface area contributed by atoms with Gasteiger partial charge in [0, 0.05) is 25.2 Å². The Bertz CT molecular complexity index is 191. The second-order valence-electron chi connectivity index (χ2n) is 4.03. The number of nitrogens with one attached hydrogen (secondary N) is 1. The van der Waals surface area contributed by atoms with Gasteiger partial charge in [-0.3, -0.25) is 4.90 Å². The Hall–Kier alpha value is -0.520. The maximum Gasteiger partial charge on any atom is 0.0688 e. The lowest BCUT2D eigenvalue weighted by Crippen LogP contribution is -2.60. The van der Waals surface area contributed by atoms with Crippen molar-refractivity contribution in [2.75, 3.05) is 19.6 Å². The number of rotatable bonds is 1. The van der Waals surface area contributed by atoms with E-state index in [-0.39, 0.29) is 11.6 Å². The molecule has 0 spiro atoms. The molecule has 0 radical (unpaired) electrons. The predicted molar refractivity (Wildman–Crippen MR) is 51.9 cm³/mol. The summed E-state index contributed by atoms with van der Waals surface area (Å²) in [6, 6.07) is 0.252. The van der Waals surface area contributed by atoms with Crippen LogP contribution in [0.5, 0.6) is 0 Å². The minimum atomic E-state index is 0.198. The summed E-state index contributed by atoms with van der Waals surface area (Å²) in [4.78, 5) is 2.38. The van der Waals surface area contributed by atoms with Gasteiger partial charge in [0.15, 0.2) is 0 Å². The molecule has 0 saturated carbocycles. The molecule has 1 aliphatic rings. The van der Waals surface area contributed by atoms with Crippen LogP contribution in [-0.4, -0.2) is 36.1 Å². The molecular formula is C10H18N2. The molecule has 1 atom stereocenters. The van der Waals surface area contributed by atoms with Crippen molar-refractivity contribution >= 4 is 0 Å². The molecule has 1 N–H and O–H groups in total. The van der Waals surface area contributed by atoms with E-state index in [1.807, 2.05) is 0 Å². The minimum Gasteiger partial charge on any atom is -0.314 e. The van der Waals surface area contributed by atoms with Gasteiger partial charge in [-0.15, -0.1) is 6.42 Å². The topological polar surface area (TPSA) is 15.3 Å². The standard InChI is InChI=1S/C10H18N2/c1-5-9(2)12-7-6-11-8-10(12,3)4/h1,9,11H,6-8H2,2-4H3. The maximum absolute atomic E-state index is 5.41. The molecular weight excluding hydrogens is 148 g/mol. The van der Waals surface area contributed by atoms with Crippen LogP contribution in [0.1, 0.15) is 20.8 Å². The van der Waals surface area contributed by atoms with Crippen LogP contribution in [0.15, 0.2) is 0 Å². The van der Waals surface area contributed by atoms with Gasteiger partial charge >= 0.3 is 0 Å². The average molecular weight is 166 g/mol. The molecule has 0 aromatic rings. The first-order valence-corrected chi connectivity index (χ1v) is 4.51. The van der Waals surface area contributed by atoms with Crippen LogP contribution in [0.4, 0.5) is 0 Å². The number of hydrogen-bond donors (Lipinski definition) is 1. The molecule has 0 bridgehead atoms. The highest BCUT2D eigenvalue weighted by molar-refractivity contribution is 5.03. The highest BCUT2D eigenvalue weighted by Gasteiger charge is 2.31. The van der Waals surface area contributed by atoms with Crippen molar-refractivity contribution in [3.05, 3.63) is 0 Å². The average Bonchev–Trinajstić information content (AvgIpc) is 2.02. The van der Waals surface area contributed by atoms with E-state index >= 15 is 0 Å². The third kappa shape index (κ3) is 1.80. The van der Waals surface area contributed by atoms with Gasteiger partial charge in [-0.1, -0.05) is 5.92 Å². The van der Waals surface area contributed by atoms with Crippen molar-refractivity contribution in [2.24, 2.45) is 0 Å². The lowest BCUT2D eigenvalue weighted by molar-refractivity contribution is 0.0736. The van der Waals surface area contributed by atoms with E-state index in [9.17, 15) is 0 Å². The van der Waals surface area contributed by atoms with Gasteiger partial charge in [-0.05, 0) is 20.8 Å². The molecule has 2 nitrogen and oxygen atoms in total. The SMILES string of the molecule is C#CC(C)N1CCNCC1(C)C. The monoisotopic (exact) mass is 166 g/mol. The number of hydrogen-bond acceptors (Lipinski definition) is 2. The van der Waals surface area contributed by atoms with Crippen molar-refractivity contribution in [2.45, 2.75) is 32.4 Å². The van der Waals surface area contributed by atoms with E-state index in [0.717, 1.165) is 19.6 Å². The van der Waals surface area contributed by atoms with Crippen LogP contribution in [-0.2, 0) is 0 Å². The molecule has 1 aliphatic heterocycles. The molecule has 1 saturated heterocycles. The van der Waals surface area contributed by atoms with Crippen LogP contribution in [0.25, 0.3) is 0 Å². The molecule has 1 unspecified atom stereocenters. The molecule has 1 fully saturated rings. The Labute approximate surface area is 75.3 Å². The third-order valence-electron chi connectivity index (χ3n) is 2.57. The van der Waals surface area contributed by atoms with Gasteiger partial charge in [0.05, 0.1) is 6.04 Å². The van der Waals surface area contributed by atoms with Crippen molar-refractivity contribution in [3.63, 3.8) is 0 Å². The number of terminal acetylenes is 1. The summed E-state index contributed by atoms with van der Waals surface area (Å²) < 4.78 is 0. The summed E-state index contributed by atoms with van der Waals surface area (Å²) in [5.41, 5.74) is 0.198. The van der Waals surface area contributed by atoms with Gasteiger partial charge in [0.25, 0.3) is 0 Å². The third-order valence-corrected chi connectivity index (χ3v) is 2.57. The van der Waals surface area contributed by atoms with E-state index in [2.05, 4.69) is 36.9 Å². The molecule has 12 heavy (non-hydrogen) atoms. The second-order valence-corrected chi connectivity index (χ2v) is 4.03. The Morgan fingerprint density at radius 2 is 2.25 bits per heavy atom. The summed E-state index contributed by atoms with van der Waals surface area (Å²) in [5, 5.41) is 3.37. The molecule has 68 valence electrons. The fraction of sp³-hybridized carbons (Fsp3) is 0.800. The Balaban J connectivity index is 2.67. The summed E-state index contributed by atoms with van der Waals surface area (Å²) in [6.45, 7) is 9.68. The first-order valence-electron chi connectivity index (χ1n) is 4.51. The molecule has 0 aliphatic carbocycles. The minimum absolute atomic E-state index is 0.198. The first-order chi connectivity index (χ1) is 5.58. The first kappa shape index (κ1) is 9.57. The van der Waals surface area contributed by atoms with Crippen molar-refractivity contribution < 1.29 is 0 Å². The van der Waals surface area contributed by atoms with Crippen LogP contribution < -0.4 is 5.32 Å². The van der Waals surface area contributed by atoms with Gasteiger partial charge in [-0.25, -0.2) is 0 Å². The van der Waals surface area contributed by atoms with Crippen LogP contribution in [0, 0.1) is 12.3 Å². The lowest BCUT2D eigenvalue weighted by atomic mass is 9.98. The van der Waals surface area contributed by atoms with Crippen molar-refractivity contribution in [1.29, 1.82) is 0 Å². The molecule has 1 rings (SSSR count). The molecule has 0 amide bonds. The van der Waals surface area contributed by atoms with Crippen LogP contribution in [0.3, 0.4) is 0 Å². The summed E-state index contributed by atoms with van der Waals surface area (Å²) >= 11 is 0. The number of nitrogens with zero attached hydrogens (tertiary/aromatic N) is 1. The van der Waals surface area contributed by atoms with Gasteiger partial charge < -0.3 is 5.32 Å². The fourth-order valence-electron chi connectivity index (χ4n) is 1.81. The quantitative estimate of drug-likeness (QED) is 0.577. The predicted octanol–water partition coefficient (Wildman–Crippen LogP) is 0.692. The molecule has 2 heteroatoms. The zero-order valence-corrected chi connectivity index (χ0v) is 8.22. The summed E-state index contributed by atoms with van der Waals surface area (Å²) in [7, 11) is 0. The molecule has 0 aromatic carbocycles. The maximum atomic E-state index is 5.41. The van der Waals surface area contributed by atoms with Gasteiger partial charge in [0.1, 0.15) is 0 Å². The largest absolute Gasteiger partial charge is 0.314 e. The van der Waals surface area contributed by atoms with Crippen LogP contribution >= 0.6 is 0 Å². The Morgan fingerprint density at radius 3 is 2.75 bits per heavy atom. The molecule has 0 aromatic heterocycles. The highest BCUT2D eigenvalue weighted by Crippen LogP contribution is 2.18. The van der Waals surface area contributed by atoms with E-state index in [1.54, 1.807) is 0 Å². The Morgan fingerprint density at radius 1 is 1.58 bits per heavy atom. The van der Waals surface area contributed by atoms with E-state index in [1.165, 1.54) is 0 Å². The Kier molecular flexibility index (Phi) is 2.76. The normalized spacial score (nSPS) is 26.2. The van der Waals surface area contributed by atoms with E-state index in [0.29, 0.717) is 0 Å². The van der Waals surface area contributed by atoms with Crippen molar-refractivity contribution in [1.82, 2.24) is 10.2 Å². The zero-order chi connectivity index (χ0) is 9.19. The summed E-state index contributed by atoms with van der Waals surface area (Å²) in [5.74, 6) is 2.79. The zero-order valence-electron chi connectivity index (χ0n) is 8.22. The van der Waals surface area contributed by atoms with E-state index in [4.69, 9.17) is 6.42 Å². The van der Waals surface area contributed by atoms with Crippen LogP contribution in [0.2, 0.25) is 0 Å². The van der Waals surface area contributed by atoms with Crippen molar-refractivity contribution in [3.8, 4) is 12.3 Å². The molecule has 1 heterocycles. The van der Waals surface area contributed by atoms with E-state index < -0.39 is 0 Å².